The van der Waals surface area contributed by atoms with Crippen molar-refractivity contribution in [2.24, 2.45) is 0 Å². The summed E-state index contributed by atoms with van der Waals surface area (Å²) in [6, 6.07) is 13.0. The minimum atomic E-state index is 0.444. The van der Waals surface area contributed by atoms with Crippen molar-refractivity contribution in [2.75, 3.05) is 18.0 Å². The molecule has 5 heterocycles. The molecule has 0 radical (unpaired) electrons. The molecular weight excluding hydrogens is 374 g/mol. The minimum Gasteiger partial charge on any atom is -0.367 e. The summed E-state index contributed by atoms with van der Waals surface area (Å²) in [5.74, 6) is 0. The van der Waals surface area contributed by atoms with Crippen LogP contribution in [0.5, 0.6) is 0 Å². The van der Waals surface area contributed by atoms with Crippen molar-refractivity contribution in [3.63, 3.8) is 0 Å². The zero-order valence-corrected chi connectivity index (χ0v) is 17.4. The second-order valence-electron chi connectivity index (χ2n) is 8.12. The van der Waals surface area contributed by atoms with E-state index in [4.69, 9.17) is 4.98 Å². The topological polar surface area (TPSA) is 82.6 Å². The lowest BCUT2D eigenvalue weighted by Gasteiger charge is -2.37. The molecule has 1 fully saturated rings. The number of aromatic nitrogens is 5. The van der Waals surface area contributed by atoms with Crippen LogP contribution in [0.4, 0.5) is 5.69 Å². The number of fused-ring (bicyclic) bond motifs is 1. The number of hydrogen-bond donors (Lipinski definition) is 2. The van der Waals surface area contributed by atoms with Gasteiger partial charge >= 0.3 is 0 Å². The van der Waals surface area contributed by atoms with Gasteiger partial charge in [0.05, 0.1) is 46.2 Å². The first-order valence-corrected chi connectivity index (χ1v) is 10.3. The third-order valence-corrected chi connectivity index (χ3v) is 5.51. The molecule has 152 valence electrons. The summed E-state index contributed by atoms with van der Waals surface area (Å²) in [6.45, 7) is 8.34. The first-order chi connectivity index (χ1) is 14.6. The first kappa shape index (κ1) is 18.7. The highest BCUT2D eigenvalue weighted by Gasteiger charge is 2.22. The Morgan fingerprint density at radius 2 is 1.77 bits per heavy atom. The summed E-state index contributed by atoms with van der Waals surface area (Å²) in [5.41, 5.74) is 7.37. The van der Waals surface area contributed by atoms with Gasteiger partial charge in [0.1, 0.15) is 0 Å². The Balaban J connectivity index is 1.54. The molecule has 30 heavy (non-hydrogen) atoms. The van der Waals surface area contributed by atoms with E-state index < -0.39 is 0 Å². The molecule has 0 spiro atoms. The molecule has 0 aliphatic carbocycles. The fourth-order valence-electron chi connectivity index (χ4n) is 4.21. The maximum atomic E-state index is 4.93. The zero-order valence-electron chi connectivity index (χ0n) is 17.4. The summed E-state index contributed by atoms with van der Waals surface area (Å²) in [6.07, 6.45) is 3.76. The number of nitrogens with one attached hydrogen (secondary N) is 2. The Morgan fingerprint density at radius 3 is 2.57 bits per heavy atom. The molecule has 7 heteroatoms. The molecule has 4 aromatic rings. The van der Waals surface area contributed by atoms with Crippen LogP contribution in [0.2, 0.25) is 0 Å². The van der Waals surface area contributed by atoms with Crippen molar-refractivity contribution >= 4 is 16.7 Å². The summed E-state index contributed by atoms with van der Waals surface area (Å²) in [5, 5.41) is 10.9. The SMILES string of the molecule is Cc1cccc(-c2[nH]ncc2-c2ccc3ncc(N4CC(C)NC(C)C4)cc3n2)n1. The van der Waals surface area contributed by atoms with Crippen molar-refractivity contribution in [1.82, 2.24) is 30.5 Å². The van der Waals surface area contributed by atoms with E-state index in [2.05, 4.69) is 50.3 Å². The van der Waals surface area contributed by atoms with E-state index in [0.29, 0.717) is 12.1 Å². The van der Waals surface area contributed by atoms with Crippen molar-refractivity contribution in [3.05, 3.63) is 54.5 Å². The Bertz CT molecular complexity index is 1190. The number of hydrogen-bond acceptors (Lipinski definition) is 6. The van der Waals surface area contributed by atoms with E-state index in [1.165, 1.54) is 0 Å². The monoisotopic (exact) mass is 399 g/mol. The van der Waals surface area contributed by atoms with Gasteiger partial charge in [-0.3, -0.25) is 15.1 Å². The summed E-state index contributed by atoms with van der Waals surface area (Å²) >= 11 is 0. The number of aryl methyl sites for hydroxylation is 1. The standard InChI is InChI=1S/C23H25N7/c1-14-5-4-6-21(27-14)23-18(11-25-29-23)19-7-8-20-22(28-19)9-17(10-24-20)30-12-15(2)26-16(3)13-30/h4-11,15-16,26H,12-13H2,1-3H3,(H,25,29). The summed E-state index contributed by atoms with van der Waals surface area (Å²) < 4.78 is 0. The van der Waals surface area contributed by atoms with Crippen LogP contribution in [0.1, 0.15) is 19.5 Å². The average Bonchev–Trinajstić information content (AvgIpc) is 3.22. The van der Waals surface area contributed by atoms with E-state index in [1.54, 1.807) is 0 Å². The van der Waals surface area contributed by atoms with Crippen LogP contribution in [0, 0.1) is 6.92 Å². The molecule has 0 amide bonds. The number of rotatable bonds is 3. The van der Waals surface area contributed by atoms with Gasteiger partial charge < -0.3 is 10.2 Å². The highest BCUT2D eigenvalue weighted by atomic mass is 15.2. The molecule has 2 N–H and O–H groups in total. The highest BCUT2D eigenvalue weighted by Crippen LogP contribution is 2.30. The largest absolute Gasteiger partial charge is 0.367 e. The van der Waals surface area contributed by atoms with Crippen LogP contribution < -0.4 is 10.2 Å². The summed E-state index contributed by atoms with van der Waals surface area (Å²) in [7, 11) is 0. The Morgan fingerprint density at radius 1 is 0.933 bits per heavy atom. The molecule has 2 unspecified atom stereocenters. The average molecular weight is 400 g/mol. The van der Waals surface area contributed by atoms with Crippen LogP contribution in [0.3, 0.4) is 0 Å². The van der Waals surface area contributed by atoms with E-state index >= 15 is 0 Å². The lowest BCUT2D eigenvalue weighted by Crippen LogP contribution is -2.54. The molecule has 0 saturated carbocycles. The van der Waals surface area contributed by atoms with Crippen molar-refractivity contribution in [1.29, 1.82) is 0 Å². The molecular formula is C23H25N7. The van der Waals surface area contributed by atoms with Gasteiger partial charge in [0, 0.05) is 36.4 Å². The lowest BCUT2D eigenvalue weighted by molar-refractivity contribution is 0.407. The zero-order chi connectivity index (χ0) is 20.7. The Hall–Kier alpha value is -3.32. The van der Waals surface area contributed by atoms with Gasteiger partial charge in [0.15, 0.2) is 0 Å². The number of anilines is 1. The molecule has 5 rings (SSSR count). The highest BCUT2D eigenvalue weighted by molar-refractivity contribution is 5.84. The van der Waals surface area contributed by atoms with Gasteiger partial charge in [-0.2, -0.15) is 5.10 Å². The third kappa shape index (κ3) is 3.52. The Kier molecular flexibility index (Phi) is 4.67. The van der Waals surface area contributed by atoms with Crippen molar-refractivity contribution < 1.29 is 0 Å². The van der Waals surface area contributed by atoms with Crippen molar-refractivity contribution in [3.8, 4) is 22.6 Å². The van der Waals surface area contributed by atoms with Gasteiger partial charge in [0.25, 0.3) is 0 Å². The van der Waals surface area contributed by atoms with Gasteiger partial charge in [-0.25, -0.2) is 4.98 Å². The molecule has 0 aromatic carbocycles. The predicted molar refractivity (Wildman–Crippen MR) is 119 cm³/mol. The van der Waals surface area contributed by atoms with Crippen LogP contribution >= 0.6 is 0 Å². The number of nitrogens with zero attached hydrogens (tertiary/aromatic N) is 5. The number of pyridine rings is 3. The number of aromatic amines is 1. The summed E-state index contributed by atoms with van der Waals surface area (Å²) in [4.78, 5) is 16.6. The second-order valence-corrected chi connectivity index (χ2v) is 8.12. The van der Waals surface area contributed by atoms with E-state index in [9.17, 15) is 0 Å². The lowest BCUT2D eigenvalue weighted by atomic mass is 10.1. The van der Waals surface area contributed by atoms with Gasteiger partial charge in [-0.1, -0.05) is 6.07 Å². The molecule has 1 aliphatic rings. The van der Waals surface area contributed by atoms with Gasteiger partial charge in [-0.15, -0.1) is 0 Å². The fourth-order valence-corrected chi connectivity index (χ4v) is 4.21. The smallest absolute Gasteiger partial charge is 0.0928 e. The predicted octanol–water partition coefficient (Wildman–Crippen LogP) is 3.58. The van der Waals surface area contributed by atoms with Crippen LogP contribution in [-0.2, 0) is 0 Å². The maximum Gasteiger partial charge on any atom is 0.0928 e. The molecule has 1 aliphatic heterocycles. The minimum absolute atomic E-state index is 0.444. The second kappa shape index (κ2) is 7.50. The molecule has 7 nitrogen and oxygen atoms in total. The molecule has 1 saturated heterocycles. The van der Waals surface area contributed by atoms with Gasteiger partial charge in [-0.05, 0) is 51.1 Å². The normalized spacial score (nSPS) is 19.4. The van der Waals surface area contributed by atoms with Crippen LogP contribution in [-0.4, -0.2) is 50.3 Å². The number of H-pyrrole nitrogens is 1. The molecule has 2 atom stereocenters. The quantitative estimate of drug-likeness (QED) is 0.548. The third-order valence-electron chi connectivity index (χ3n) is 5.51. The molecule has 0 bridgehead atoms. The van der Waals surface area contributed by atoms with E-state index in [1.807, 2.05) is 49.6 Å². The van der Waals surface area contributed by atoms with Crippen LogP contribution in [0.25, 0.3) is 33.7 Å². The Labute approximate surface area is 175 Å². The number of piperazine rings is 1. The van der Waals surface area contributed by atoms with E-state index in [0.717, 1.165) is 58.1 Å². The van der Waals surface area contributed by atoms with E-state index in [-0.39, 0.29) is 0 Å². The maximum absolute atomic E-state index is 4.93. The van der Waals surface area contributed by atoms with Gasteiger partial charge in [0.2, 0.25) is 0 Å². The fraction of sp³-hybridized carbons (Fsp3) is 0.304. The van der Waals surface area contributed by atoms with Crippen LogP contribution in [0.15, 0.2) is 48.8 Å². The molecule has 4 aromatic heterocycles. The first-order valence-electron chi connectivity index (χ1n) is 10.3. The van der Waals surface area contributed by atoms with Crippen molar-refractivity contribution in [2.45, 2.75) is 32.9 Å².